The molecule has 0 aromatic carbocycles. The molecule has 1 rings (SSSR count). The first-order valence-electron chi connectivity index (χ1n) is 4.84. The quantitative estimate of drug-likeness (QED) is 0.502. The molecular weight excluding hydrogens is 264 g/mol. The molecule has 0 radical (unpaired) electrons. The minimum absolute atomic E-state index is 0.0318. The molecule has 0 saturated heterocycles. The van der Waals surface area contributed by atoms with Crippen LogP contribution in [0.15, 0.2) is 11.4 Å². The molecule has 18 heavy (non-hydrogen) atoms. The Bertz CT molecular complexity index is 471. The van der Waals surface area contributed by atoms with Gasteiger partial charge >= 0.3 is 11.0 Å². The van der Waals surface area contributed by atoms with E-state index in [1.807, 2.05) is 0 Å². The van der Waals surface area contributed by atoms with E-state index >= 15 is 0 Å². The summed E-state index contributed by atoms with van der Waals surface area (Å²) in [5.41, 5.74) is 0.136. The molecule has 8 nitrogen and oxygen atoms in total. The predicted octanol–water partition coefficient (Wildman–Crippen LogP) is 0.222. The molecule has 98 valence electrons. The molecule has 1 heterocycles. The van der Waals surface area contributed by atoms with Gasteiger partial charge in [-0.05, 0) is 0 Å². The molecule has 0 fully saturated rings. The number of amides is 1. The monoisotopic (exact) mass is 274 g/mol. The number of carbonyl (C=O) groups is 2. The average Bonchev–Trinajstić information content (AvgIpc) is 2.77. The fourth-order valence-corrected chi connectivity index (χ4v) is 1.79. The smallest absolute Gasteiger partial charge is 0.332 e. The van der Waals surface area contributed by atoms with Crippen molar-refractivity contribution in [2.75, 3.05) is 6.54 Å². The fourth-order valence-electron chi connectivity index (χ4n) is 1.09. The van der Waals surface area contributed by atoms with Crippen molar-refractivity contribution in [3.8, 4) is 0 Å². The van der Waals surface area contributed by atoms with Crippen LogP contribution in [0.4, 0.5) is 5.00 Å². The Morgan fingerprint density at radius 1 is 1.56 bits per heavy atom. The van der Waals surface area contributed by atoms with E-state index < -0.39 is 22.9 Å². The lowest BCUT2D eigenvalue weighted by molar-refractivity contribution is -0.380. The van der Waals surface area contributed by atoms with Crippen molar-refractivity contribution in [3.05, 3.63) is 27.1 Å². The Balaban J connectivity index is 2.45. The summed E-state index contributed by atoms with van der Waals surface area (Å²) in [6, 6.07) is 1.13. The number of hydrogen-bond acceptors (Lipinski definition) is 6. The normalized spacial score (nSPS) is 11.8. The van der Waals surface area contributed by atoms with Crippen LogP contribution in [-0.4, -0.2) is 39.7 Å². The van der Waals surface area contributed by atoms with Crippen LogP contribution in [0.1, 0.15) is 16.8 Å². The van der Waals surface area contributed by atoms with Crippen molar-refractivity contribution < 1.29 is 24.7 Å². The Kier molecular flexibility index (Phi) is 4.75. The third-order valence-corrected chi connectivity index (χ3v) is 2.90. The summed E-state index contributed by atoms with van der Waals surface area (Å²) >= 11 is 0.827. The van der Waals surface area contributed by atoms with Crippen molar-refractivity contribution in [2.45, 2.75) is 12.5 Å². The van der Waals surface area contributed by atoms with Gasteiger partial charge < -0.3 is 15.5 Å². The van der Waals surface area contributed by atoms with Crippen LogP contribution in [0.25, 0.3) is 0 Å². The number of aliphatic carboxylic acids is 1. The lowest BCUT2D eigenvalue weighted by atomic mass is 10.2. The van der Waals surface area contributed by atoms with E-state index in [2.05, 4.69) is 5.32 Å². The number of carboxylic acids is 1. The van der Waals surface area contributed by atoms with E-state index in [4.69, 9.17) is 10.2 Å². The van der Waals surface area contributed by atoms with Gasteiger partial charge in [-0.1, -0.05) is 11.3 Å². The van der Waals surface area contributed by atoms with Gasteiger partial charge in [0.05, 0.1) is 10.5 Å². The van der Waals surface area contributed by atoms with E-state index in [0.717, 1.165) is 17.4 Å². The summed E-state index contributed by atoms with van der Waals surface area (Å²) in [5.74, 6) is -1.91. The van der Waals surface area contributed by atoms with Gasteiger partial charge in [0.2, 0.25) is 0 Å². The van der Waals surface area contributed by atoms with E-state index in [1.165, 1.54) is 5.38 Å². The highest BCUT2D eigenvalue weighted by molar-refractivity contribution is 7.13. The van der Waals surface area contributed by atoms with Crippen molar-refractivity contribution in [1.82, 2.24) is 5.32 Å². The van der Waals surface area contributed by atoms with Crippen LogP contribution in [-0.2, 0) is 4.79 Å². The van der Waals surface area contributed by atoms with Gasteiger partial charge in [-0.25, -0.2) is 4.79 Å². The maximum atomic E-state index is 11.5. The van der Waals surface area contributed by atoms with Crippen molar-refractivity contribution in [2.24, 2.45) is 0 Å². The second kappa shape index (κ2) is 6.07. The minimum atomic E-state index is -1.54. The zero-order valence-electron chi connectivity index (χ0n) is 9.03. The molecule has 0 spiro atoms. The lowest BCUT2D eigenvalue weighted by Gasteiger charge is -2.06. The zero-order valence-corrected chi connectivity index (χ0v) is 9.85. The topological polar surface area (TPSA) is 130 Å². The van der Waals surface area contributed by atoms with Gasteiger partial charge in [0.1, 0.15) is 0 Å². The molecule has 1 atom stereocenters. The maximum absolute atomic E-state index is 11.5. The van der Waals surface area contributed by atoms with E-state index in [0.29, 0.717) is 0 Å². The molecule has 0 aliphatic carbocycles. The molecule has 3 N–H and O–H groups in total. The Morgan fingerprint density at radius 2 is 2.22 bits per heavy atom. The van der Waals surface area contributed by atoms with Gasteiger partial charge in [0, 0.05) is 24.4 Å². The molecule has 1 amide bonds. The lowest BCUT2D eigenvalue weighted by Crippen LogP contribution is -2.29. The predicted molar refractivity (Wildman–Crippen MR) is 61.6 cm³/mol. The first-order chi connectivity index (χ1) is 8.41. The molecule has 0 bridgehead atoms. The summed E-state index contributed by atoms with van der Waals surface area (Å²) in [6.45, 7) is -0.0318. The van der Waals surface area contributed by atoms with Gasteiger partial charge in [0.25, 0.3) is 5.91 Å². The Labute approximate surface area is 105 Å². The van der Waals surface area contributed by atoms with Gasteiger partial charge in [-0.2, -0.15) is 0 Å². The molecule has 0 aliphatic rings. The summed E-state index contributed by atoms with van der Waals surface area (Å²) in [4.78, 5) is 31.6. The van der Waals surface area contributed by atoms with Crippen LogP contribution in [0, 0.1) is 10.1 Å². The number of aliphatic hydroxyl groups is 1. The molecule has 0 unspecified atom stereocenters. The number of nitrogens with zero attached hydrogens (tertiary/aromatic N) is 1. The highest BCUT2D eigenvalue weighted by Gasteiger charge is 2.16. The number of nitro groups is 1. The molecular formula is C9H10N2O6S. The number of carbonyl (C=O) groups excluding carboxylic acids is 1. The number of carboxylic acid groups (broad SMARTS) is 1. The average molecular weight is 274 g/mol. The highest BCUT2D eigenvalue weighted by Crippen LogP contribution is 2.22. The summed E-state index contributed by atoms with van der Waals surface area (Å²) in [5, 5.41) is 31.3. The highest BCUT2D eigenvalue weighted by atomic mass is 32.1. The van der Waals surface area contributed by atoms with Crippen molar-refractivity contribution in [3.63, 3.8) is 0 Å². The fraction of sp³-hybridized carbons (Fsp3) is 0.333. The first kappa shape index (κ1) is 14.1. The van der Waals surface area contributed by atoms with Crippen LogP contribution < -0.4 is 5.32 Å². The third-order valence-electron chi connectivity index (χ3n) is 2.02. The molecule has 0 saturated carbocycles. The van der Waals surface area contributed by atoms with E-state index in [1.54, 1.807) is 0 Å². The van der Waals surface area contributed by atoms with Gasteiger partial charge in [-0.15, -0.1) is 0 Å². The third kappa shape index (κ3) is 3.79. The summed E-state index contributed by atoms with van der Waals surface area (Å²) in [7, 11) is 0. The van der Waals surface area contributed by atoms with Crippen LogP contribution >= 0.6 is 11.3 Å². The van der Waals surface area contributed by atoms with Crippen LogP contribution in [0.5, 0.6) is 0 Å². The molecule has 0 aliphatic heterocycles. The Morgan fingerprint density at radius 3 is 2.72 bits per heavy atom. The molecule has 1 aromatic heterocycles. The van der Waals surface area contributed by atoms with Crippen molar-refractivity contribution >= 4 is 28.2 Å². The second-order valence-corrected chi connectivity index (χ2v) is 4.22. The van der Waals surface area contributed by atoms with Crippen LogP contribution in [0.2, 0.25) is 0 Å². The van der Waals surface area contributed by atoms with E-state index in [-0.39, 0.29) is 23.5 Å². The number of thiophene rings is 1. The number of aliphatic hydroxyl groups excluding tert-OH is 1. The van der Waals surface area contributed by atoms with Crippen molar-refractivity contribution in [1.29, 1.82) is 0 Å². The van der Waals surface area contributed by atoms with Gasteiger partial charge in [-0.3, -0.25) is 14.9 Å². The minimum Gasteiger partial charge on any atom is -0.479 e. The Hall–Kier alpha value is -2.00. The second-order valence-electron chi connectivity index (χ2n) is 3.33. The standard InChI is InChI=1S/C9H10N2O6S/c12-6(9(14)15)1-2-10-8(13)5-3-7(11(16)17)18-4-5/h3-4,6,12H,1-2H2,(H,10,13)(H,14,15)/t6-/m0/s1. The molecule has 1 aromatic rings. The maximum Gasteiger partial charge on any atom is 0.332 e. The largest absolute Gasteiger partial charge is 0.479 e. The van der Waals surface area contributed by atoms with Crippen LogP contribution in [0.3, 0.4) is 0 Å². The number of nitrogens with one attached hydrogen (secondary N) is 1. The number of rotatable bonds is 6. The number of hydrogen-bond donors (Lipinski definition) is 3. The van der Waals surface area contributed by atoms with Gasteiger partial charge in [0.15, 0.2) is 6.10 Å². The van der Waals surface area contributed by atoms with E-state index in [9.17, 15) is 19.7 Å². The SMILES string of the molecule is O=C(NCC[C@H](O)C(=O)O)c1csc([N+](=O)[O-])c1. The summed E-state index contributed by atoms with van der Waals surface area (Å²) in [6.07, 6.45) is -1.67. The summed E-state index contributed by atoms with van der Waals surface area (Å²) < 4.78 is 0. The molecule has 9 heteroatoms. The first-order valence-corrected chi connectivity index (χ1v) is 5.71. The zero-order chi connectivity index (χ0) is 13.7.